The minimum Gasteiger partial charge on any atom is -0.340 e. The van der Waals surface area contributed by atoms with Crippen LogP contribution in [0.25, 0.3) is 0 Å². The van der Waals surface area contributed by atoms with Crippen molar-refractivity contribution < 1.29 is 4.79 Å². The molecule has 2 saturated heterocycles. The quantitative estimate of drug-likeness (QED) is 0.872. The van der Waals surface area contributed by atoms with Gasteiger partial charge in [0.2, 0.25) is 5.91 Å². The Hall–Kier alpha value is -1.43. The second-order valence-electron chi connectivity index (χ2n) is 6.99. The molecule has 1 N–H and O–H groups in total. The smallest absolute Gasteiger partial charge is 0.223 e. The number of nitrogens with one attached hydrogen (secondary N) is 1. The summed E-state index contributed by atoms with van der Waals surface area (Å²) in [5, 5.41) is 3.29. The SMILES string of the molecule is Cc1cccc(CN2CCN(CCC(=O)N3CCNCC3)CC2)c1. The number of carbonyl (C=O) groups excluding carboxylic acids is 1. The lowest BCUT2D eigenvalue weighted by atomic mass is 10.1. The molecule has 0 unspecified atom stereocenters. The normalized spacial score (nSPS) is 20.3. The van der Waals surface area contributed by atoms with E-state index in [2.05, 4.69) is 46.3 Å². The van der Waals surface area contributed by atoms with Gasteiger partial charge in [0.1, 0.15) is 0 Å². The molecule has 1 aromatic rings. The molecule has 1 aromatic carbocycles. The fraction of sp³-hybridized carbons (Fsp3) is 0.632. The van der Waals surface area contributed by atoms with Crippen LogP contribution in [-0.2, 0) is 11.3 Å². The third-order valence-electron chi connectivity index (χ3n) is 5.07. The first-order valence-corrected chi connectivity index (χ1v) is 9.19. The molecule has 2 aliphatic rings. The molecule has 0 spiro atoms. The number of benzene rings is 1. The van der Waals surface area contributed by atoms with Crippen molar-refractivity contribution in [2.45, 2.75) is 19.9 Å². The van der Waals surface area contributed by atoms with Crippen molar-refractivity contribution in [3.05, 3.63) is 35.4 Å². The zero-order valence-corrected chi connectivity index (χ0v) is 14.8. The molecule has 0 aliphatic carbocycles. The molecule has 2 heterocycles. The van der Waals surface area contributed by atoms with Crippen molar-refractivity contribution >= 4 is 5.91 Å². The van der Waals surface area contributed by atoms with Crippen molar-refractivity contribution in [1.29, 1.82) is 0 Å². The predicted octanol–water partition coefficient (Wildman–Crippen LogP) is 0.935. The Morgan fingerprint density at radius 2 is 1.75 bits per heavy atom. The van der Waals surface area contributed by atoms with Gasteiger partial charge in [0, 0.05) is 71.9 Å². The van der Waals surface area contributed by atoms with Gasteiger partial charge in [-0.15, -0.1) is 0 Å². The average Bonchev–Trinajstić information content (AvgIpc) is 2.62. The second-order valence-corrected chi connectivity index (χ2v) is 6.99. The van der Waals surface area contributed by atoms with Gasteiger partial charge in [0.25, 0.3) is 0 Å². The number of rotatable bonds is 5. The minimum absolute atomic E-state index is 0.318. The van der Waals surface area contributed by atoms with Crippen LogP contribution in [0.2, 0.25) is 0 Å². The first-order chi connectivity index (χ1) is 11.7. The molecule has 0 saturated carbocycles. The van der Waals surface area contributed by atoms with Gasteiger partial charge in [0.15, 0.2) is 0 Å². The Labute approximate surface area is 145 Å². The van der Waals surface area contributed by atoms with E-state index in [1.165, 1.54) is 11.1 Å². The van der Waals surface area contributed by atoms with E-state index in [-0.39, 0.29) is 0 Å². The van der Waals surface area contributed by atoms with Gasteiger partial charge in [0.05, 0.1) is 0 Å². The van der Waals surface area contributed by atoms with E-state index in [0.717, 1.165) is 65.4 Å². The molecular weight excluding hydrogens is 300 g/mol. The summed E-state index contributed by atoms with van der Waals surface area (Å²) in [4.78, 5) is 19.2. The maximum Gasteiger partial charge on any atom is 0.223 e. The van der Waals surface area contributed by atoms with Crippen LogP contribution in [0.3, 0.4) is 0 Å². The lowest BCUT2D eigenvalue weighted by Crippen LogP contribution is -2.49. The molecule has 132 valence electrons. The summed E-state index contributed by atoms with van der Waals surface area (Å²) in [5.74, 6) is 0.318. The fourth-order valence-electron chi connectivity index (χ4n) is 3.57. The largest absolute Gasteiger partial charge is 0.340 e. The summed E-state index contributed by atoms with van der Waals surface area (Å²) in [6, 6.07) is 8.78. The van der Waals surface area contributed by atoms with E-state index in [1.54, 1.807) is 0 Å². The van der Waals surface area contributed by atoms with Crippen LogP contribution in [0.4, 0.5) is 0 Å². The zero-order valence-electron chi connectivity index (χ0n) is 14.8. The number of hydrogen-bond acceptors (Lipinski definition) is 4. The lowest BCUT2D eigenvalue weighted by Gasteiger charge is -2.35. The predicted molar refractivity (Wildman–Crippen MR) is 97.0 cm³/mol. The van der Waals surface area contributed by atoms with Gasteiger partial charge in [-0.05, 0) is 12.5 Å². The summed E-state index contributed by atoms with van der Waals surface area (Å²) in [6.07, 6.45) is 0.665. The molecule has 1 amide bonds. The van der Waals surface area contributed by atoms with Gasteiger partial charge in [-0.1, -0.05) is 29.8 Å². The molecule has 2 fully saturated rings. The maximum absolute atomic E-state index is 12.2. The number of nitrogens with zero attached hydrogens (tertiary/aromatic N) is 3. The molecule has 5 nitrogen and oxygen atoms in total. The Kier molecular flexibility index (Phi) is 6.24. The highest BCUT2D eigenvalue weighted by atomic mass is 16.2. The van der Waals surface area contributed by atoms with Gasteiger partial charge >= 0.3 is 0 Å². The van der Waals surface area contributed by atoms with E-state index in [4.69, 9.17) is 0 Å². The number of hydrogen-bond donors (Lipinski definition) is 1. The van der Waals surface area contributed by atoms with Crippen LogP contribution in [0.1, 0.15) is 17.5 Å². The van der Waals surface area contributed by atoms with E-state index < -0.39 is 0 Å². The number of amides is 1. The highest BCUT2D eigenvalue weighted by molar-refractivity contribution is 5.76. The van der Waals surface area contributed by atoms with Crippen LogP contribution < -0.4 is 5.32 Å². The van der Waals surface area contributed by atoms with Crippen molar-refractivity contribution in [2.75, 3.05) is 58.9 Å². The highest BCUT2D eigenvalue weighted by Gasteiger charge is 2.20. The number of piperazine rings is 2. The average molecular weight is 330 g/mol. The Morgan fingerprint density at radius 3 is 2.46 bits per heavy atom. The van der Waals surface area contributed by atoms with E-state index >= 15 is 0 Å². The summed E-state index contributed by atoms with van der Waals surface area (Å²) < 4.78 is 0. The fourth-order valence-corrected chi connectivity index (χ4v) is 3.57. The van der Waals surface area contributed by atoms with Gasteiger partial charge in [-0.25, -0.2) is 0 Å². The standard InChI is InChI=1S/C19H30N4O/c1-17-3-2-4-18(15-17)16-22-13-11-21(12-14-22)8-5-19(24)23-9-6-20-7-10-23/h2-4,15,20H,5-14,16H2,1H3. The van der Waals surface area contributed by atoms with Crippen molar-refractivity contribution in [2.24, 2.45) is 0 Å². The van der Waals surface area contributed by atoms with Gasteiger partial charge in [-0.3, -0.25) is 9.69 Å². The van der Waals surface area contributed by atoms with Crippen molar-refractivity contribution in [3.63, 3.8) is 0 Å². The first-order valence-electron chi connectivity index (χ1n) is 9.19. The van der Waals surface area contributed by atoms with Crippen LogP contribution >= 0.6 is 0 Å². The van der Waals surface area contributed by atoms with Crippen LogP contribution in [0.5, 0.6) is 0 Å². The molecule has 0 atom stereocenters. The van der Waals surface area contributed by atoms with Gasteiger partial charge < -0.3 is 15.1 Å². The Bertz CT molecular complexity index is 534. The molecule has 5 heteroatoms. The third kappa shape index (κ3) is 5.03. The van der Waals surface area contributed by atoms with E-state index in [9.17, 15) is 4.79 Å². The summed E-state index contributed by atoms with van der Waals surface area (Å²) >= 11 is 0. The van der Waals surface area contributed by atoms with Crippen LogP contribution in [0, 0.1) is 6.92 Å². The summed E-state index contributed by atoms with van der Waals surface area (Å²) in [7, 11) is 0. The highest BCUT2D eigenvalue weighted by Crippen LogP contribution is 2.11. The Morgan fingerprint density at radius 1 is 1.04 bits per heavy atom. The Balaban J connectivity index is 1.36. The second kappa shape index (κ2) is 8.60. The summed E-state index contributed by atoms with van der Waals surface area (Å²) in [5.41, 5.74) is 2.73. The van der Waals surface area contributed by atoms with Crippen LogP contribution in [-0.4, -0.2) is 79.5 Å². The van der Waals surface area contributed by atoms with Crippen molar-refractivity contribution in [3.8, 4) is 0 Å². The molecule has 0 bridgehead atoms. The van der Waals surface area contributed by atoms with Gasteiger partial charge in [-0.2, -0.15) is 0 Å². The lowest BCUT2D eigenvalue weighted by molar-refractivity contribution is -0.132. The topological polar surface area (TPSA) is 38.8 Å². The molecule has 24 heavy (non-hydrogen) atoms. The minimum atomic E-state index is 0.318. The van der Waals surface area contributed by atoms with E-state index in [0.29, 0.717) is 12.3 Å². The number of aryl methyl sites for hydroxylation is 1. The molecule has 0 radical (unpaired) electrons. The van der Waals surface area contributed by atoms with Crippen molar-refractivity contribution in [1.82, 2.24) is 20.0 Å². The third-order valence-corrected chi connectivity index (χ3v) is 5.07. The number of carbonyl (C=O) groups is 1. The van der Waals surface area contributed by atoms with E-state index in [1.807, 2.05) is 4.90 Å². The first kappa shape index (κ1) is 17.4. The van der Waals surface area contributed by atoms with Crippen LogP contribution in [0.15, 0.2) is 24.3 Å². The summed E-state index contributed by atoms with van der Waals surface area (Å²) in [6.45, 7) is 12.0. The molecular formula is C19H30N4O. The molecule has 2 aliphatic heterocycles. The maximum atomic E-state index is 12.2. The monoisotopic (exact) mass is 330 g/mol. The zero-order chi connectivity index (χ0) is 16.8. The molecule has 3 rings (SSSR count). The molecule has 0 aromatic heterocycles.